The van der Waals surface area contributed by atoms with Gasteiger partial charge in [-0.1, -0.05) is 18.2 Å². The van der Waals surface area contributed by atoms with Crippen molar-refractivity contribution in [3.63, 3.8) is 0 Å². The number of anilines is 2. The van der Waals surface area contributed by atoms with Crippen LogP contribution in [0.5, 0.6) is 0 Å². The number of diazo groups is 1. The minimum atomic E-state index is -10.7. The Kier molecular flexibility index (Phi) is 3.97. The van der Waals surface area contributed by atoms with Crippen LogP contribution >= 0.6 is 7.81 Å². The third-order valence-corrected chi connectivity index (χ3v) is 3.01. The van der Waals surface area contributed by atoms with Crippen molar-refractivity contribution in [1.82, 2.24) is 4.98 Å². The largest absolute Gasteiger partial charge is 0.403 e. The first-order valence-electron chi connectivity index (χ1n) is 6.56. The molecule has 4 nitrogen and oxygen atoms in total. The average Bonchev–Trinajstić information content (AvgIpc) is 2.88. The van der Waals surface area contributed by atoms with E-state index in [1.165, 1.54) is 11.3 Å². The second-order valence-electron chi connectivity index (χ2n) is 4.96. The van der Waals surface area contributed by atoms with Gasteiger partial charge >= 0.3 is 38.7 Å². The maximum Gasteiger partial charge on any atom is 0.403 e. The standard InChI is InChI=1S/C13H11N4.F6P/c14-16-11-5-6-13(15-9-11)17-8-7-10-3-1-2-4-12(10)17;1-7(2,3,4,5)6/h1-6,9H,7-8H2;/q+1;-1. The summed E-state index contributed by atoms with van der Waals surface area (Å²) in [6.45, 7) is 0.946. The molecule has 1 aliphatic rings. The Labute approximate surface area is 132 Å². The molecule has 0 spiro atoms. The molecule has 0 saturated carbocycles. The van der Waals surface area contributed by atoms with Crippen molar-refractivity contribution in [3.05, 3.63) is 53.1 Å². The summed E-state index contributed by atoms with van der Waals surface area (Å²) in [5.74, 6) is 0.891. The molecule has 2 aromatic rings. The van der Waals surface area contributed by atoms with Gasteiger partial charge in [-0.05, 0) is 24.1 Å². The topological polar surface area (TPSA) is 44.3 Å². The van der Waals surface area contributed by atoms with E-state index in [4.69, 9.17) is 5.39 Å². The summed E-state index contributed by atoms with van der Waals surface area (Å²) in [6.07, 6.45) is 2.61. The summed E-state index contributed by atoms with van der Waals surface area (Å²) >= 11 is 0. The van der Waals surface area contributed by atoms with Gasteiger partial charge < -0.3 is 4.90 Å². The summed E-state index contributed by atoms with van der Waals surface area (Å²) in [4.78, 5) is 9.58. The number of hydrogen-bond donors (Lipinski definition) is 0. The van der Waals surface area contributed by atoms with Crippen LogP contribution < -0.4 is 4.90 Å². The van der Waals surface area contributed by atoms with E-state index in [1.807, 2.05) is 12.1 Å². The molecule has 0 amide bonds. The third-order valence-electron chi connectivity index (χ3n) is 3.01. The van der Waals surface area contributed by atoms with Gasteiger partial charge in [-0.25, -0.2) is 4.98 Å². The van der Waals surface area contributed by atoms with Crippen LogP contribution in [0.4, 0.5) is 42.4 Å². The van der Waals surface area contributed by atoms with Crippen LogP contribution in [0.25, 0.3) is 4.98 Å². The van der Waals surface area contributed by atoms with E-state index in [0.717, 1.165) is 18.8 Å². The van der Waals surface area contributed by atoms with Gasteiger partial charge in [0.2, 0.25) is 5.39 Å². The van der Waals surface area contributed by atoms with E-state index in [1.54, 1.807) is 12.3 Å². The van der Waals surface area contributed by atoms with Crippen LogP contribution in [0.3, 0.4) is 0 Å². The van der Waals surface area contributed by atoms with Gasteiger partial charge in [-0.2, -0.15) is 0 Å². The molecule has 0 aliphatic carbocycles. The fourth-order valence-electron chi connectivity index (χ4n) is 2.17. The van der Waals surface area contributed by atoms with E-state index in [2.05, 4.69) is 33.1 Å². The molecule has 11 heteroatoms. The number of pyridine rings is 1. The summed E-state index contributed by atoms with van der Waals surface area (Å²) in [7, 11) is -10.7. The minimum absolute atomic E-state index is 0.473. The van der Waals surface area contributed by atoms with Crippen molar-refractivity contribution < 1.29 is 25.2 Å². The molecular weight excluding hydrogens is 357 g/mol. The Balaban J connectivity index is 0.000000256. The fraction of sp³-hybridized carbons (Fsp3) is 0.154. The Morgan fingerprint density at radius 1 is 1.00 bits per heavy atom. The zero-order valence-corrected chi connectivity index (χ0v) is 12.9. The zero-order valence-electron chi connectivity index (χ0n) is 12.0. The van der Waals surface area contributed by atoms with Crippen LogP contribution in [0, 0.1) is 5.39 Å². The number of hydrogen-bond acceptors (Lipinski definition) is 3. The maximum absolute atomic E-state index is 10.7. The second-order valence-corrected chi connectivity index (χ2v) is 6.88. The van der Waals surface area contributed by atoms with Crippen LogP contribution in [0.2, 0.25) is 0 Å². The van der Waals surface area contributed by atoms with E-state index in [-0.39, 0.29) is 0 Å². The molecule has 3 rings (SSSR count). The van der Waals surface area contributed by atoms with Crippen molar-refractivity contribution in [1.29, 1.82) is 5.39 Å². The molecular formula is C13H11F6N4P. The minimum Gasteiger partial charge on any atom is -0.326 e. The first kappa shape index (κ1) is 17.9. The van der Waals surface area contributed by atoms with Crippen molar-refractivity contribution in [2.45, 2.75) is 6.42 Å². The van der Waals surface area contributed by atoms with Crippen molar-refractivity contribution in [2.24, 2.45) is 0 Å². The number of nitrogens with zero attached hydrogens (tertiary/aromatic N) is 4. The van der Waals surface area contributed by atoms with E-state index in [0.29, 0.717) is 5.69 Å². The number of rotatable bonds is 1. The molecule has 0 bridgehead atoms. The van der Waals surface area contributed by atoms with Gasteiger partial charge in [0.15, 0.2) is 4.98 Å². The number of aromatic nitrogens is 1. The van der Waals surface area contributed by atoms with Gasteiger partial charge in [-0.3, -0.25) is 0 Å². The normalized spacial score (nSPS) is 16.1. The summed E-state index contributed by atoms with van der Waals surface area (Å²) in [5, 5.41) is 8.62. The molecule has 0 N–H and O–H groups in total. The molecule has 2 heterocycles. The first-order chi connectivity index (χ1) is 10.8. The third kappa shape index (κ3) is 6.01. The van der Waals surface area contributed by atoms with Crippen LogP contribution in [-0.2, 0) is 6.42 Å². The summed E-state index contributed by atoms with van der Waals surface area (Å²) in [5.41, 5.74) is 3.04. The molecule has 0 unspecified atom stereocenters. The maximum atomic E-state index is 9.87. The summed E-state index contributed by atoms with van der Waals surface area (Å²) < 4.78 is 59.2. The zero-order chi connectivity index (χ0) is 18.1. The van der Waals surface area contributed by atoms with Crippen LogP contribution in [0.15, 0.2) is 42.6 Å². The second kappa shape index (κ2) is 5.31. The molecule has 1 aromatic heterocycles. The number of para-hydroxylation sites is 1. The Morgan fingerprint density at radius 3 is 2.17 bits per heavy atom. The van der Waals surface area contributed by atoms with Gasteiger partial charge in [0.25, 0.3) is 0 Å². The molecule has 1 aliphatic heterocycles. The predicted molar refractivity (Wildman–Crippen MR) is 79.7 cm³/mol. The molecule has 0 atom stereocenters. The molecule has 1 aromatic carbocycles. The first-order valence-corrected chi connectivity index (χ1v) is 8.59. The predicted octanol–water partition coefficient (Wildman–Crippen LogP) is 6.64. The van der Waals surface area contributed by atoms with Crippen molar-refractivity contribution in [3.8, 4) is 0 Å². The van der Waals surface area contributed by atoms with Crippen LogP contribution in [-0.4, -0.2) is 11.5 Å². The Morgan fingerprint density at radius 2 is 1.62 bits per heavy atom. The molecule has 24 heavy (non-hydrogen) atoms. The SMILES string of the molecule is F[P-](F)(F)(F)(F)F.N#[N+]c1ccc(N2CCc3ccccc32)nc1. The fourth-order valence-corrected chi connectivity index (χ4v) is 2.17. The summed E-state index contributed by atoms with van der Waals surface area (Å²) in [6, 6.07) is 12.0. The number of halogens is 6. The van der Waals surface area contributed by atoms with Gasteiger partial charge in [0.05, 0.1) is 0 Å². The van der Waals surface area contributed by atoms with Gasteiger partial charge in [0.1, 0.15) is 12.0 Å². The molecule has 0 saturated heterocycles. The smallest absolute Gasteiger partial charge is 0.326 e. The number of fused-ring (bicyclic) bond motifs is 1. The van der Waals surface area contributed by atoms with E-state index >= 15 is 0 Å². The van der Waals surface area contributed by atoms with Gasteiger partial charge in [0, 0.05) is 18.3 Å². The monoisotopic (exact) mass is 368 g/mol. The molecule has 130 valence electrons. The van der Waals surface area contributed by atoms with Crippen LogP contribution in [0.1, 0.15) is 5.56 Å². The van der Waals surface area contributed by atoms with Crippen molar-refractivity contribution in [2.75, 3.05) is 11.4 Å². The quantitative estimate of drug-likeness (QED) is 0.322. The van der Waals surface area contributed by atoms with Gasteiger partial charge in [-0.15, -0.1) is 0 Å². The Hall–Kier alpha value is -2.40. The van der Waals surface area contributed by atoms with E-state index < -0.39 is 7.81 Å². The molecule has 0 radical (unpaired) electrons. The van der Waals surface area contributed by atoms with Crippen molar-refractivity contribution >= 4 is 25.0 Å². The molecule has 0 fully saturated rings. The van der Waals surface area contributed by atoms with E-state index in [9.17, 15) is 25.2 Å². The number of benzene rings is 1. The Bertz CT molecular complexity index is 771. The average molecular weight is 368 g/mol.